The second-order valence-electron chi connectivity index (χ2n) is 4.80. The van der Waals surface area contributed by atoms with E-state index in [1.54, 1.807) is 6.92 Å². The molecule has 0 bridgehead atoms. The van der Waals surface area contributed by atoms with E-state index in [2.05, 4.69) is 16.2 Å². The van der Waals surface area contributed by atoms with E-state index in [0.29, 0.717) is 5.69 Å². The fourth-order valence-electron chi connectivity index (χ4n) is 1.56. The summed E-state index contributed by atoms with van der Waals surface area (Å²) in [5.41, 5.74) is 7.45. The molecule has 3 amide bonds. The lowest BCUT2D eigenvalue weighted by atomic mass is 10.1. The quantitative estimate of drug-likeness (QED) is 0.720. The lowest BCUT2D eigenvalue weighted by molar-refractivity contribution is -0.129. The highest BCUT2D eigenvalue weighted by molar-refractivity contribution is 5.93. The van der Waals surface area contributed by atoms with E-state index in [1.807, 2.05) is 32.0 Å². The van der Waals surface area contributed by atoms with Gasteiger partial charge in [-0.15, -0.1) is 0 Å². The summed E-state index contributed by atoms with van der Waals surface area (Å²) in [6.45, 7) is 5.64. The summed E-state index contributed by atoms with van der Waals surface area (Å²) in [5, 5.41) is 2.74. The van der Waals surface area contributed by atoms with Crippen molar-refractivity contribution in [3.8, 4) is 0 Å². The molecule has 0 aliphatic carbocycles. The van der Waals surface area contributed by atoms with E-state index in [-0.39, 0.29) is 31.1 Å². The molecule has 1 aromatic carbocycles. The molecule has 0 saturated carbocycles. The molecule has 6 nitrogen and oxygen atoms in total. The van der Waals surface area contributed by atoms with Crippen LogP contribution in [0, 0.1) is 13.8 Å². The second kappa shape index (κ2) is 8.04. The number of hydrazine groups is 1. The smallest absolute Gasteiger partial charge is 0.238 e. The van der Waals surface area contributed by atoms with Crippen molar-refractivity contribution in [1.82, 2.24) is 10.9 Å². The van der Waals surface area contributed by atoms with Crippen molar-refractivity contribution in [1.29, 1.82) is 0 Å². The number of hydrogen-bond acceptors (Lipinski definition) is 3. The van der Waals surface area contributed by atoms with Gasteiger partial charge in [-0.3, -0.25) is 25.2 Å². The molecule has 0 spiro atoms. The van der Waals surface area contributed by atoms with Gasteiger partial charge < -0.3 is 5.32 Å². The highest BCUT2D eigenvalue weighted by Crippen LogP contribution is 2.14. The standard InChI is InChI=1S/C15H21N3O3/c1-4-13(19)17-18-15(21)8-7-14(20)16-12-6-5-10(2)11(3)9-12/h5-6,9H,4,7-8H2,1-3H3,(H,16,20)(H,17,19)(H,18,21). The number of amides is 3. The van der Waals surface area contributed by atoms with Crippen molar-refractivity contribution in [2.24, 2.45) is 0 Å². The Balaban J connectivity index is 2.35. The fraction of sp³-hybridized carbons (Fsp3) is 0.400. The van der Waals surface area contributed by atoms with Crippen molar-refractivity contribution >= 4 is 23.4 Å². The van der Waals surface area contributed by atoms with E-state index in [0.717, 1.165) is 11.1 Å². The van der Waals surface area contributed by atoms with Gasteiger partial charge >= 0.3 is 0 Å². The second-order valence-corrected chi connectivity index (χ2v) is 4.80. The first-order valence-corrected chi connectivity index (χ1v) is 6.87. The molecule has 3 N–H and O–H groups in total. The highest BCUT2D eigenvalue weighted by atomic mass is 16.2. The van der Waals surface area contributed by atoms with Gasteiger partial charge in [0.25, 0.3) is 0 Å². The topological polar surface area (TPSA) is 87.3 Å². The molecule has 0 unspecified atom stereocenters. The minimum atomic E-state index is -0.396. The van der Waals surface area contributed by atoms with E-state index >= 15 is 0 Å². The maximum absolute atomic E-state index is 11.7. The summed E-state index contributed by atoms with van der Waals surface area (Å²) >= 11 is 0. The van der Waals surface area contributed by atoms with Crippen LogP contribution >= 0.6 is 0 Å². The SMILES string of the molecule is CCC(=O)NNC(=O)CCC(=O)Nc1ccc(C)c(C)c1. The van der Waals surface area contributed by atoms with E-state index < -0.39 is 5.91 Å². The highest BCUT2D eigenvalue weighted by Gasteiger charge is 2.08. The van der Waals surface area contributed by atoms with Gasteiger partial charge in [-0.05, 0) is 37.1 Å². The van der Waals surface area contributed by atoms with Gasteiger partial charge in [0.05, 0.1) is 0 Å². The summed E-state index contributed by atoms with van der Waals surface area (Å²) in [7, 11) is 0. The predicted molar refractivity (Wildman–Crippen MR) is 80.4 cm³/mol. The van der Waals surface area contributed by atoms with Crippen molar-refractivity contribution in [3.63, 3.8) is 0 Å². The monoisotopic (exact) mass is 291 g/mol. The first-order valence-electron chi connectivity index (χ1n) is 6.87. The van der Waals surface area contributed by atoms with Gasteiger partial charge in [0.1, 0.15) is 0 Å². The largest absolute Gasteiger partial charge is 0.326 e. The van der Waals surface area contributed by atoms with Gasteiger partial charge in [-0.2, -0.15) is 0 Å². The normalized spacial score (nSPS) is 9.86. The molecule has 1 aromatic rings. The minimum absolute atomic E-state index is 0.0146. The van der Waals surface area contributed by atoms with Gasteiger partial charge in [0.2, 0.25) is 17.7 Å². The number of rotatable bonds is 5. The van der Waals surface area contributed by atoms with Crippen LogP contribution in [-0.2, 0) is 14.4 Å². The van der Waals surface area contributed by atoms with Gasteiger partial charge in [-0.1, -0.05) is 13.0 Å². The summed E-state index contributed by atoms with van der Waals surface area (Å²) < 4.78 is 0. The van der Waals surface area contributed by atoms with E-state index in [1.165, 1.54) is 0 Å². The predicted octanol–water partition coefficient (Wildman–Crippen LogP) is 1.58. The number of benzene rings is 1. The Labute approximate surface area is 124 Å². The Kier molecular flexibility index (Phi) is 6.39. The zero-order valence-electron chi connectivity index (χ0n) is 12.6. The average Bonchev–Trinajstić information content (AvgIpc) is 2.46. The first-order chi connectivity index (χ1) is 9.92. The van der Waals surface area contributed by atoms with Crippen molar-refractivity contribution < 1.29 is 14.4 Å². The van der Waals surface area contributed by atoms with Crippen molar-refractivity contribution in [2.75, 3.05) is 5.32 Å². The van der Waals surface area contributed by atoms with Crippen LogP contribution in [0.4, 0.5) is 5.69 Å². The number of carbonyl (C=O) groups excluding carboxylic acids is 3. The number of nitrogens with one attached hydrogen (secondary N) is 3. The van der Waals surface area contributed by atoms with Gasteiger partial charge in [0.15, 0.2) is 0 Å². The molecule has 0 fully saturated rings. The Bertz CT molecular complexity index is 541. The molecule has 6 heteroatoms. The minimum Gasteiger partial charge on any atom is -0.326 e. The maximum atomic E-state index is 11.7. The van der Waals surface area contributed by atoms with Gasteiger partial charge in [-0.25, -0.2) is 0 Å². The molecule has 0 aliphatic heterocycles. The first kappa shape index (κ1) is 16.7. The number of anilines is 1. The molecule has 1 rings (SSSR count). The zero-order chi connectivity index (χ0) is 15.8. The Morgan fingerprint density at radius 2 is 1.52 bits per heavy atom. The number of carbonyl (C=O) groups is 3. The molecule has 0 aromatic heterocycles. The lowest BCUT2D eigenvalue weighted by Crippen LogP contribution is -2.41. The van der Waals surface area contributed by atoms with Crippen LogP contribution in [0.15, 0.2) is 18.2 Å². The molecule has 0 heterocycles. The summed E-state index contributed by atoms with van der Waals surface area (Å²) in [6.07, 6.45) is 0.356. The molecule has 0 atom stereocenters. The third-order valence-electron chi connectivity index (χ3n) is 3.03. The summed E-state index contributed by atoms with van der Waals surface area (Å²) in [5.74, 6) is -0.912. The van der Waals surface area contributed by atoms with Crippen LogP contribution in [-0.4, -0.2) is 17.7 Å². The van der Waals surface area contributed by atoms with Crippen LogP contribution in [0.25, 0.3) is 0 Å². The van der Waals surface area contributed by atoms with E-state index in [4.69, 9.17) is 0 Å². The van der Waals surface area contributed by atoms with Crippen molar-refractivity contribution in [2.45, 2.75) is 40.0 Å². The van der Waals surface area contributed by atoms with Crippen LogP contribution in [0.5, 0.6) is 0 Å². The molecule has 0 saturated heterocycles. The summed E-state index contributed by atoms with van der Waals surface area (Å²) in [4.78, 5) is 34.1. The Morgan fingerprint density at radius 3 is 2.14 bits per heavy atom. The maximum Gasteiger partial charge on any atom is 0.238 e. The van der Waals surface area contributed by atoms with Crippen LogP contribution in [0.2, 0.25) is 0 Å². The Hall–Kier alpha value is -2.37. The molecular weight excluding hydrogens is 270 g/mol. The van der Waals surface area contributed by atoms with Crippen molar-refractivity contribution in [3.05, 3.63) is 29.3 Å². The van der Waals surface area contributed by atoms with Crippen LogP contribution < -0.4 is 16.2 Å². The zero-order valence-corrected chi connectivity index (χ0v) is 12.6. The molecule has 0 aliphatic rings. The Morgan fingerprint density at radius 1 is 0.905 bits per heavy atom. The molecular formula is C15H21N3O3. The number of aryl methyl sites for hydroxylation is 2. The van der Waals surface area contributed by atoms with Crippen LogP contribution in [0.3, 0.4) is 0 Å². The van der Waals surface area contributed by atoms with E-state index in [9.17, 15) is 14.4 Å². The number of hydrogen-bond donors (Lipinski definition) is 3. The molecule has 0 radical (unpaired) electrons. The average molecular weight is 291 g/mol. The molecule has 114 valence electrons. The lowest BCUT2D eigenvalue weighted by Gasteiger charge is -2.08. The van der Waals surface area contributed by atoms with Crippen LogP contribution in [0.1, 0.15) is 37.3 Å². The third-order valence-corrected chi connectivity index (χ3v) is 3.03. The third kappa shape index (κ3) is 6.07. The fourth-order valence-corrected chi connectivity index (χ4v) is 1.56. The van der Waals surface area contributed by atoms with Gasteiger partial charge in [0, 0.05) is 24.9 Å². The molecule has 21 heavy (non-hydrogen) atoms. The summed E-state index contributed by atoms with van der Waals surface area (Å²) in [6, 6.07) is 5.63.